The van der Waals surface area contributed by atoms with Crippen molar-refractivity contribution in [3.63, 3.8) is 0 Å². The van der Waals surface area contributed by atoms with Crippen molar-refractivity contribution in [3.8, 4) is 57.4 Å². The summed E-state index contributed by atoms with van der Waals surface area (Å²) in [6.45, 7) is 2.57. The number of rotatable bonds is 31. The lowest BCUT2D eigenvalue weighted by Gasteiger charge is -2.11. The molecule has 0 aliphatic heterocycles. The Morgan fingerprint density at radius 2 is 0.619 bits per heavy atom. The number of ether oxygens (including phenoxy) is 4. The lowest BCUT2D eigenvalue weighted by molar-refractivity contribution is 0.0695. The van der Waals surface area contributed by atoms with E-state index in [-0.39, 0.29) is 5.56 Å². The average Bonchev–Trinajstić information content (AvgIpc) is 3.32. The van der Waals surface area contributed by atoms with E-state index in [1.165, 1.54) is 77.0 Å². The van der Waals surface area contributed by atoms with Crippen molar-refractivity contribution >= 4 is 5.97 Å². The summed E-state index contributed by atoms with van der Waals surface area (Å²) in [6, 6.07) is 40.8. The Kier molecular flexibility index (Phi) is 21.5. The summed E-state index contributed by atoms with van der Waals surface area (Å²) in [4.78, 5) is 11.8. The summed E-state index contributed by atoms with van der Waals surface area (Å²) in [5, 5.41) is 27.6. The number of carboxylic acids is 1. The number of aromatic carboxylic acids is 1. The summed E-state index contributed by atoms with van der Waals surface area (Å²) in [6.07, 6.45) is 20.6. The van der Waals surface area contributed by atoms with Gasteiger partial charge in [-0.15, -0.1) is 0 Å². The van der Waals surface area contributed by atoms with Crippen LogP contribution in [-0.4, -0.2) is 37.5 Å². The molecular weight excluding hydrogens is 785 g/mol. The smallest absolute Gasteiger partial charge is 0.335 e. The fraction of sp³-hybridized carbons (Fsp3) is 0.400. The topological polar surface area (TPSA) is 122 Å². The zero-order valence-electron chi connectivity index (χ0n) is 36.9. The second-order valence-electron chi connectivity index (χ2n) is 16.2. The van der Waals surface area contributed by atoms with Crippen molar-refractivity contribution in [2.45, 2.75) is 116 Å². The van der Waals surface area contributed by atoms with Crippen molar-refractivity contribution in [3.05, 3.63) is 132 Å². The van der Waals surface area contributed by atoms with E-state index < -0.39 is 5.97 Å². The number of hydrogen-bond donors (Lipinski definition) is 1. The molecule has 5 rings (SSSR count). The number of hydrogen-bond acceptors (Lipinski definition) is 7. The predicted octanol–water partition coefficient (Wildman–Crippen LogP) is 14.4. The lowest BCUT2D eigenvalue weighted by Crippen LogP contribution is -2.03. The molecule has 0 unspecified atom stereocenters. The third-order valence-electron chi connectivity index (χ3n) is 11.2. The van der Waals surface area contributed by atoms with Gasteiger partial charge in [-0.3, -0.25) is 0 Å². The molecule has 0 aliphatic carbocycles. The molecule has 0 bridgehead atoms. The number of carboxylic acid groups (broad SMARTS) is 1. The normalized spacial score (nSPS) is 10.8. The van der Waals surface area contributed by atoms with Gasteiger partial charge in [0.25, 0.3) is 0 Å². The molecule has 0 spiro atoms. The van der Waals surface area contributed by atoms with Crippen LogP contribution in [0.5, 0.6) is 23.0 Å². The molecule has 0 aliphatic rings. The predicted molar refractivity (Wildman–Crippen MR) is 252 cm³/mol. The summed E-state index contributed by atoms with van der Waals surface area (Å²) in [7, 11) is 0. The molecule has 0 saturated heterocycles. The number of carbonyl (C=O) groups is 1. The van der Waals surface area contributed by atoms with E-state index in [0.717, 1.165) is 85.5 Å². The fourth-order valence-corrected chi connectivity index (χ4v) is 7.47. The highest BCUT2D eigenvalue weighted by atomic mass is 16.5. The lowest BCUT2D eigenvalue weighted by atomic mass is 10.0. The van der Waals surface area contributed by atoms with Crippen LogP contribution in [0.1, 0.15) is 137 Å². The molecule has 0 atom stereocenters. The molecule has 8 nitrogen and oxygen atoms in total. The van der Waals surface area contributed by atoms with E-state index in [1.807, 2.05) is 78.9 Å². The van der Waals surface area contributed by atoms with Crippen LogP contribution in [0, 0.1) is 22.7 Å². The highest BCUT2D eigenvalue weighted by Crippen LogP contribution is 2.26. The molecule has 0 saturated carbocycles. The summed E-state index contributed by atoms with van der Waals surface area (Å²) in [5.74, 6) is 1.89. The minimum atomic E-state index is -0.983. The van der Waals surface area contributed by atoms with Crippen molar-refractivity contribution in [2.24, 2.45) is 0 Å². The van der Waals surface area contributed by atoms with Crippen molar-refractivity contribution in [1.82, 2.24) is 0 Å². The SMILES string of the molecule is N#Cc1ccc(-c2ccc(OCCCCCCCCCCCOc3cc(OCCCCCCCCCCCOc4ccc(-c5ccc(C#N)cc5)cc4)cc(C(=O)O)c3)cc2)cc1. The van der Waals surface area contributed by atoms with Gasteiger partial charge in [-0.2, -0.15) is 10.5 Å². The first-order valence-electron chi connectivity index (χ1n) is 23.1. The van der Waals surface area contributed by atoms with Crippen LogP contribution in [0.4, 0.5) is 0 Å². The van der Waals surface area contributed by atoms with Gasteiger partial charge in [-0.05, 0) is 109 Å². The quantitative estimate of drug-likeness (QED) is 0.0438. The van der Waals surface area contributed by atoms with Crippen molar-refractivity contribution in [2.75, 3.05) is 26.4 Å². The van der Waals surface area contributed by atoms with Gasteiger partial charge >= 0.3 is 5.97 Å². The van der Waals surface area contributed by atoms with E-state index in [0.29, 0.717) is 35.8 Å². The molecule has 0 heterocycles. The number of benzene rings is 5. The molecule has 330 valence electrons. The Morgan fingerprint density at radius 3 is 0.889 bits per heavy atom. The zero-order valence-corrected chi connectivity index (χ0v) is 36.9. The Morgan fingerprint density at radius 1 is 0.365 bits per heavy atom. The first kappa shape index (κ1) is 47.8. The van der Waals surface area contributed by atoms with Crippen LogP contribution in [0.25, 0.3) is 22.3 Å². The molecule has 5 aromatic rings. The number of nitriles is 2. The Hall–Kier alpha value is -6.25. The van der Waals surface area contributed by atoms with E-state index >= 15 is 0 Å². The van der Waals surface area contributed by atoms with Gasteiger partial charge in [0.15, 0.2) is 0 Å². The zero-order chi connectivity index (χ0) is 44.2. The van der Waals surface area contributed by atoms with Gasteiger partial charge < -0.3 is 24.1 Å². The third kappa shape index (κ3) is 18.3. The van der Waals surface area contributed by atoms with Gasteiger partial charge in [-0.25, -0.2) is 4.79 Å². The van der Waals surface area contributed by atoms with E-state index in [4.69, 9.17) is 29.5 Å². The number of nitrogens with zero attached hydrogens (tertiary/aromatic N) is 2. The largest absolute Gasteiger partial charge is 0.494 e. The Balaban J connectivity index is 0.808. The molecule has 5 aromatic carbocycles. The maximum atomic E-state index is 11.8. The Labute approximate surface area is 375 Å². The van der Waals surface area contributed by atoms with Gasteiger partial charge in [0.2, 0.25) is 0 Å². The first-order chi connectivity index (χ1) is 31.0. The first-order valence-corrected chi connectivity index (χ1v) is 23.1. The van der Waals surface area contributed by atoms with Crippen molar-refractivity contribution in [1.29, 1.82) is 10.5 Å². The molecule has 0 radical (unpaired) electrons. The second-order valence-corrected chi connectivity index (χ2v) is 16.2. The van der Waals surface area contributed by atoms with Crippen LogP contribution in [-0.2, 0) is 0 Å². The molecule has 0 aromatic heterocycles. The summed E-state index contributed by atoms with van der Waals surface area (Å²) < 4.78 is 23.8. The molecule has 63 heavy (non-hydrogen) atoms. The van der Waals surface area contributed by atoms with E-state index in [1.54, 1.807) is 12.1 Å². The van der Waals surface area contributed by atoms with Crippen LogP contribution in [0.3, 0.4) is 0 Å². The monoisotopic (exact) mass is 848 g/mol. The van der Waals surface area contributed by atoms with Gasteiger partial charge in [-0.1, -0.05) is 138 Å². The molecule has 0 amide bonds. The standard InChI is InChI=1S/C55H64N2O6/c56-42-44-19-23-46(24-20-44)48-27-31-51(32-28-48)60-35-15-11-7-3-1-5-9-13-17-37-62-53-39-50(55(58)59)40-54(41-53)63-38-18-14-10-6-2-4-8-12-16-36-61-52-33-29-49(30-34-52)47-25-21-45(43-57)22-26-47/h19-34,39-41H,1-18,35-38H2,(H,58,59). The van der Waals surface area contributed by atoms with Crippen LogP contribution >= 0.6 is 0 Å². The third-order valence-corrected chi connectivity index (χ3v) is 11.2. The van der Waals surface area contributed by atoms with E-state index in [9.17, 15) is 9.90 Å². The van der Waals surface area contributed by atoms with Gasteiger partial charge in [0, 0.05) is 6.07 Å². The maximum Gasteiger partial charge on any atom is 0.335 e. The molecule has 1 N–H and O–H groups in total. The second kappa shape index (κ2) is 28.4. The summed E-state index contributed by atoms with van der Waals surface area (Å²) >= 11 is 0. The fourth-order valence-electron chi connectivity index (χ4n) is 7.47. The minimum absolute atomic E-state index is 0.185. The molecular formula is C55H64N2O6. The van der Waals surface area contributed by atoms with Gasteiger partial charge in [0.1, 0.15) is 23.0 Å². The van der Waals surface area contributed by atoms with Crippen LogP contribution in [0.15, 0.2) is 115 Å². The Bertz CT molecular complexity index is 1990. The summed E-state index contributed by atoms with van der Waals surface area (Å²) in [5.41, 5.74) is 5.91. The number of unbranched alkanes of at least 4 members (excludes halogenated alkanes) is 16. The highest BCUT2D eigenvalue weighted by molar-refractivity contribution is 5.88. The van der Waals surface area contributed by atoms with Crippen molar-refractivity contribution < 1.29 is 28.8 Å². The van der Waals surface area contributed by atoms with Crippen LogP contribution < -0.4 is 18.9 Å². The minimum Gasteiger partial charge on any atom is -0.494 e. The van der Waals surface area contributed by atoms with Crippen LogP contribution in [0.2, 0.25) is 0 Å². The maximum absolute atomic E-state index is 11.8. The molecule has 8 heteroatoms. The molecule has 0 fully saturated rings. The highest BCUT2D eigenvalue weighted by Gasteiger charge is 2.10. The average molecular weight is 849 g/mol. The van der Waals surface area contributed by atoms with E-state index in [2.05, 4.69) is 36.4 Å². The van der Waals surface area contributed by atoms with Gasteiger partial charge in [0.05, 0.1) is 55.3 Å².